The third-order valence-electron chi connectivity index (χ3n) is 3.02. The Morgan fingerprint density at radius 1 is 1.62 bits per heavy atom. The van der Waals surface area contributed by atoms with E-state index in [4.69, 9.17) is 0 Å². The van der Waals surface area contributed by atoms with Gasteiger partial charge >= 0.3 is 0 Å². The molecule has 0 saturated heterocycles. The molecular formula is C11H21N3OS. The lowest BCUT2D eigenvalue weighted by atomic mass is 9.92. The van der Waals surface area contributed by atoms with E-state index >= 15 is 0 Å². The summed E-state index contributed by atoms with van der Waals surface area (Å²) in [5, 5.41) is 13.6. The van der Waals surface area contributed by atoms with Crippen LogP contribution in [0.1, 0.15) is 26.2 Å². The average Bonchev–Trinajstić information content (AvgIpc) is 2.83. The van der Waals surface area contributed by atoms with Crippen LogP contribution in [0, 0.1) is 0 Å². The van der Waals surface area contributed by atoms with Crippen molar-refractivity contribution >= 4 is 11.8 Å². The molecule has 92 valence electrons. The van der Waals surface area contributed by atoms with Gasteiger partial charge < -0.3 is 15.4 Å². The number of nitrogens with zero attached hydrogens (tertiary/aromatic N) is 1. The van der Waals surface area contributed by atoms with Crippen molar-refractivity contribution in [1.82, 2.24) is 15.3 Å². The van der Waals surface area contributed by atoms with Gasteiger partial charge in [0.2, 0.25) is 0 Å². The van der Waals surface area contributed by atoms with Gasteiger partial charge in [-0.25, -0.2) is 4.98 Å². The molecule has 4 nitrogen and oxygen atoms in total. The number of imidazole rings is 1. The average molecular weight is 243 g/mol. The van der Waals surface area contributed by atoms with E-state index in [1.54, 1.807) is 18.0 Å². The summed E-state index contributed by atoms with van der Waals surface area (Å²) >= 11 is 1.72. The number of aromatic nitrogens is 2. The van der Waals surface area contributed by atoms with E-state index in [0.717, 1.165) is 30.2 Å². The summed E-state index contributed by atoms with van der Waals surface area (Å²) in [5.74, 6) is 1.02. The van der Waals surface area contributed by atoms with E-state index < -0.39 is 0 Å². The Morgan fingerprint density at radius 3 is 2.94 bits per heavy atom. The molecule has 1 atom stereocenters. The SMILES string of the molecule is CCC(CO)(CCCSc1ncc[nH]1)NC. The number of thioether (sulfide) groups is 1. The number of hydrogen-bond donors (Lipinski definition) is 3. The number of aromatic amines is 1. The molecule has 1 heterocycles. The molecule has 0 aliphatic rings. The third-order valence-corrected chi connectivity index (χ3v) is 4.01. The minimum Gasteiger partial charge on any atom is -0.394 e. The largest absolute Gasteiger partial charge is 0.394 e. The maximum absolute atomic E-state index is 9.37. The lowest BCUT2D eigenvalue weighted by Gasteiger charge is -2.30. The van der Waals surface area contributed by atoms with Gasteiger partial charge in [0.05, 0.1) is 6.61 Å². The smallest absolute Gasteiger partial charge is 0.165 e. The summed E-state index contributed by atoms with van der Waals surface area (Å²) in [6, 6.07) is 0. The van der Waals surface area contributed by atoms with Crippen molar-refractivity contribution < 1.29 is 5.11 Å². The lowest BCUT2D eigenvalue weighted by molar-refractivity contribution is 0.154. The zero-order chi connectivity index (χ0) is 11.9. The molecule has 0 aliphatic carbocycles. The van der Waals surface area contributed by atoms with E-state index in [0.29, 0.717) is 0 Å². The summed E-state index contributed by atoms with van der Waals surface area (Å²) < 4.78 is 0. The van der Waals surface area contributed by atoms with Crippen LogP contribution >= 0.6 is 11.8 Å². The molecule has 1 rings (SSSR count). The molecular weight excluding hydrogens is 222 g/mol. The third kappa shape index (κ3) is 3.81. The minimum absolute atomic E-state index is 0.107. The van der Waals surface area contributed by atoms with Gasteiger partial charge in [0.1, 0.15) is 0 Å². The quantitative estimate of drug-likeness (QED) is 0.480. The van der Waals surface area contributed by atoms with Crippen molar-refractivity contribution in [1.29, 1.82) is 0 Å². The van der Waals surface area contributed by atoms with Gasteiger partial charge in [-0.1, -0.05) is 18.7 Å². The molecule has 0 spiro atoms. The van der Waals surface area contributed by atoms with Crippen LogP contribution in [-0.2, 0) is 0 Å². The van der Waals surface area contributed by atoms with Crippen molar-refractivity contribution in [2.75, 3.05) is 19.4 Å². The van der Waals surface area contributed by atoms with Gasteiger partial charge in [0.15, 0.2) is 5.16 Å². The summed E-state index contributed by atoms with van der Waals surface area (Å²) in [5.41, 5.74) is -0.107. The van der Waals surface area contributed by atoms with Gasteiger partial charge in [0, 0.05) is 23.7 Å². The monoisotopic (exact) mass is 243 g/mol. The molecule has 0 aromatic carbocycles. The Bertz CT molecular complexity index is 265. The fourth-order valence-corrected chi connectivity index (χ4v) is 2.43. The highest BCUT2D eigenvalue weighted by molar-refractivity contribution is 7.99. The number of likely N-dealkylation sites (N-methyl/N-ethyl adjacent to an activating group) is 1. The number of aliphatic hydroxyl groups excluding tert-OH is 1. The highest BCUT2D eigenvalue weighted by atomic mass is 32.2. The van der Waals surface area contributed by atoms with E-state index in [-0.39, 0.29) is 12.1 Å². The molecule has 5 heteroatoms. The second-order valence-electron chi connectivity index (χ2n) is 3.89. The molecule has 1 unspecified atom stereocenters. The van der Waals surface area contributed by atoms with E-state index in [1.165, 1.54) is 0 Å². The molecule has 0 amide bonds. The molecule has 0 fully saturated rings. The molecule has 0 radical (unpaired) electrons. The molecule has 1 aromatic heterocycles. The van der Waals surface area contributed by atoms with Crippen LogP contribution in [-0.4, -0.2) is 40.0 Å². The second kappa shape index (κ2) is 6.93. The van der Waals surface area contributed by atoms with Crippen LogP contribution in [0.3, 0.4) is 0 Å². The Hall–Kier alpha value is -0.520. The Morgan fingerprint density at radius 2 is 2.44 bits per heavy atom. The molecule has 3 N–H and O–H groups in total. The fraction of sp³-hybridized carbons (Fsp3) is 0.727. The van der Waals surface area contributed by atoms with Crippen LogP contribution in [0.4, 0.5) is 0 Å². The number of rotatable bonds is 8. The van der Waals surface area contributed by atoms with Gasteiger partial charge in [0.25, 0.3) is 0 Å². The van der Waals surface area contributed by atoms with E-state index in [2.05, 4.69) is 22.2 Å². The predicted octanol–water partition coefficient (Wildman–Crippen LogP) is 1.64. The van der Waals surface area contributed by atoms with E-state index in [9.17, 15) is 5.11 Å². The van der Waals surface area contributed by atoms with Crippen LogP contribution in [0.15, 0.2) is 17.6 Å². The van der Waals surface area contributed by atoms with Crippen molar-refractivity contribution in [3.8, 4) is 0 Å². The predicted molar refractivity (Wildman–Crippen MR) is 67.7 cm³/mol. The lowest BCUT2D eigenvalue weighted by Crippen LogP contribution is -2.45. The van der Waals surface area contributed by atoms with Crippen molar-refractivity contribution in [3.63, 3.8) is 0 Å². The van der Waals surface area contributed by atoms with Crippen molar-refractivity contribution in [3.05, 3.63) is 12.4 Å². The van der Waals surface area contributed by atoms with Gasteiger partial charge in [-0.3, -0.25) is 0 Å². The second-order valence-corrected chi connectivity index (χ2v) is 4.97. The summed E-state index contributed by atoms with van der Waals surface area (Å²) in [4.78, 5) is 7.22. The maximum atomic E-state index is 9.37. The van der Waals surface area contributed by atoms with Crippen molar-refractivity contribution in [2.45, 2.75) is 36.9 Å². The zero-order valence-electron chi connectivity index (χ0n) is 9.99. The molecule has 0 saturated carbocycles. The maximum Gasteiger partial charge on any atom is 0.165 e. The highest BCUT2D eigenvalue weighted by Crippen LogP contribution is 2.20. The fourth-order valence-electron chi connectivity index (χ4n) is 1.66. The topological polar surface area (TPSA) is 60.9 Å². The number of H-pyrrole nitrogens is 1. The number of aliphatic hydroxyl groups is 1. The van der Waals surface area contributed by atoms with Gasteiger partial charge in [-0.2, -0.15) is 0 Å². The Labute approximate surface area is 101 Å². The highest BCUT2D eigenvalue weighted by Gasteiger charge is 2.24. The molecule has 0 bridgehead atoms. The summed E-state index contributed by atoms with van der Waals surface area (Å²) in [6.07, 6.45) is 6.61. The molecule has 0 aliphatic heterocycles. The van der Waals surface area contributed by atoms with Crippen LogP contribution in [0.5, 0.6) is 0 Å². The summed E-state index contributed by atoms with van der Waals surface area (Å²) in [6.45, 7) is 2.30. The first-order valence-corrected chi connectivity index (χ1v) is 6.67. The normalized spacial score (nSPS) is 14.9. The Balaban J connectivity index is 2.23. The minimum atomic E-state index is -0.107. The number of hydrogen-bond acceptors (Lipinski definition) is 4. The summed E-state index contributed by atoms with van der Waals surface area (Å²) in [7, 11) is 1.92. The number of nitrogens with one attached hydrogen (secondary N) is 2. The first-order valence-electron chi connectivity index (χ1n) is 5.68. The van der Waals surface area contributed by atoms with Crippen LogP contribution in [0.25, 0.3) is 0 Å². The zero-order valence-corrected chi connectivity index (χ0v) is 10.8. The Kier molecular flexibility index (Phi) is 5.87. The standard InChI is InChI=1S/C11H21N3OS/c1-3-11(9-15,12-2)5-4-8-16-10-13-6-7-14-10/h6-7,12,15H,3-5,8-9H2,1-2H3,(H,13,14). The molecule has 16 heavy (non-hydrogen) atoms. The van der Waals surface area contributed by atoms with E-state index in [1.807, 2.05) is 13.2 Å². The first-order chi connectivity index (χ1) is 7.76. The van der Waals surface area contributed by atoms with Crippen molar-refractivity contribution in [2.24, 2.45) is 0 Å². The van der Waals surface area contributed by atoms with Gasteiger partial charge in [-0.15, -0.1) is 0 Å². The van der Waals surface area contributed by atoms with Gasteiger partial charge in [-0.05, 0) is 26.3 Å². The first kappa shape index (κ1) is 13.5. The van der Waals surface area contributed by atoms with Crippen LogP contribution < -0.4 is 5.32 Å². The van der Waals surface area contributed by atoms with Crippen LogP contribution in [0.2, 0.25) is 0 Å². The molecule has 1 aromatic rings.